The van der Waals surface area contributed by atoms with Gasteiger partial charge in [-0.2, -0.15) is 12.6 Å². The van der Waals surface area contributed by atoms with Gasteiger partial charge in [-0.15, -0.1) is 11.8 Å². The van der Waals surface area contributed by atoms with Crippen molar-refractivity contribution in [1.82, 2.24) is 10.0 Å². The van der Waals surface area contributed by atoms with Crippen LogP contribution in [0.2, 0.25) is 0 Å². The summed E-state index contributed by atoms with van der Waals surface area (Å²) < 4.78 is 0. The fourth-order valence-electron chi connectivity index (χ4n) is 1.59. The van der Waals surface area contributed by atoms with Crippen LogP contribution in [0.3, 0.4) is 0 Å². The molecule has 0 spiro atoms. The van der Waals surface area contributed by atoms with E-state index in [1.165, 1.54) is 20.2 Å². The number of benzene rings is 1. The first-order chi connectivity index (χ1) is 11.2. The summed E-state index contributed by atoms with van der Waals surface area (Å²) in [4.78, 5) is 44.8. The molecule has 1 rings (SSSR count). The van der Waals surface area contributed by atoms with Crippen molar-refractivity contribution >= 4 is 47.9 Å². The quantitative estimate of drug-likeness (QED) is 0.172. The van der Waals surface area contributed by atoms with E-state index in [1.807, 2.05) is 0 Å². The summed E-state index contributed by atoms with van der Waals surface area (Å²) in [5, 5.41) is 24.0. The van der Waals surface area contributed by atoms with E-state index in [0.717, 1.165) is 33.9 Å². The number of aromatic carboxylic acids is 1. The smallest absolute Gasteiger partial charge is 0.545 e. The van der Waals surface area contributed by atoms with E-state index >= 15 is 0 Å². The number of carbonyl (C=O) groups is 3. The third-order valence-corrected chi connectivity index (χ3v) is 4.38. The van der Waals surface area contributed by atoms with Crippen LogP contribution in [0.1, 0.15) is 10.4 Å². The van der Waals surface area contributed by atoms with Gasteiger partial charge in [0.05, 0.1) is 22.4 Å². The molecule has 0 saturated carbocycles. The fraction of sp³-hybridized carbons (Fsp3) is 0.308. The zero-order valence-corrected chi connectivity index (χ0v) is 18.6. The van der Waals surface area contributed by atoms with E-state index in [9.17, 15) is 29.6 Å². The zero-order chi connectivity index (χ0) is 18.4. The van der Waals surface area contributed by atoms with Crippen molar-refractivity contribution in [2.45, 2.75) is 4.90 Å². The molecule has 0 N–H and O–H groups in total. The Morgan fingerprint density at radius 1 is 1.20 bits per heavy atom. The minimum atomic E-state index is -1.58. The third kappa shape index (κ3) is 6.88. The monoisotopic (exact) mass is 411 g/mol. The maximum Gasteiger partial charge on any atom is 1.00 e. The molecule has 0 aromatic heterocycles. The van der Waals surface area contributed by atoms with Gasteiger partial charge < -0.3 is 9.90 Å². The van der Waals surface area contributed by atoms with Gasteiger partial charge >= 0.3 is 51.4 Å². The number of non-ortho nitro benzene ring substituents is 1. The molecule has 0 atom stereocenters. The SMILES string of the molecule is CN(C(=O)CS)N(C)C(=O)CSc1ccc([N+](=O)[O-])cc1C(=O)[O-].[K+]. The molecule has 12 heteroatoms. The van der Waals surface area contributed by atoms with Crippen molar-refractivity contribution in [3.8, 4) is 0 Å². The summed E-state index contributed by atoms with van der Waals surface area (Å²) >= 11 is 4.70. The summed E-state index contributed by atoms with van der Waals surface area (Å²) in [5.74, 6) is -2.66. The molecule has 1 aromatic rings. The number of carbonyl (C=O) groups excluding carboxylic acids is 3. The van der Waals surface area contributed by atoms with Crippen LogP contribution in [-0.4, -0.2) is 58.3 Å². The van der Waals surface area contributed by atoms with Crippen LogP contribution >= 0.6 is 24.4 Å². The first kappa shape index (κ1) is 24.4. The third-order valence-electron chi connectivity index (χ3n) is 3.05. The number of nitro benzene ring substituents is 1. The van der Waals surface area contributed by atoms with Crippen molar-refractivity contribution in [3.05, 3.63) is 33.9 Å². The molecule has 0 fully saturated rings. The summed E-state index contributed by atoms with van der Waals surface area (Å²) in [7, 11) is 2.79. The Kier molecular flexibility index (Phi) is 10.9. The zero-order valence-electron chi connectivity index (χ0n) is 13.8. The van der Waals surface area contributed by atoms with Crippen LogP contribution in [0.5, 0.6) is 0 Å². The predicted molar refractivity (Wildman–Crippen MR) is 87.5 cm³/mol. The molecule has 0 saturated heterocycles. The number of hydrazine groups is 1. The second kappa shape index (κ2) is 11.2. The van der Waals surface area contributed by atoms with Crippen molar-refractivity contribution in [2.75, 3.05) is 25.6 Å². The summed E-state index contributed by atoms with van der Waals surface area (Å²) in [6.07, 6.45) is 0. The molecule has 2 amide bonds. The van der Waals surface area contributed by atoms with Gasteiger partial charge in [-0.1, -0.05) is 0 Å². The van der Waals surface area contributed by atoms with Gasteiger partial charge in [0, 0.05) is 36.7 Å². The minimum absolute atomic E-state index is 0. The Morgan fingerprint density at radius 3 is 2.24 bits per heavy atom. The Morgan fingerprint density at radius 2 is 1.76 bits per heavy atom. The van der Waals surface area contributed by atoms with E-state index in [-0.39, 0.29) is 84.9 Å². The summed E-state index contributed by atoms with van der Waals surface area (Å²) in [6, 6.07) is 3.26. The molecule has 0 unspecified atom stereocenters. The van der Waals surface area contributed by atoms with Crippen LogP contribution in [0.4, 0.5) is 5.69 Å². The number of hydrogen-bond donors (Lipinski definition) is 1. The van der Waals surface area contributed by atoms with E-state index in [1.54, 1.807) is 0 Å². The Balaban J connectivity index is 0.00000576. The molecule has 1 aromatic carbocycles. The molecule has 0 radical (unpaired) electrons. The summed E-state index contributed by atoms with van der Waals surface area (Å²) in [5.41, 5.74) is -0.759. The number of carboxylic acids is 1. The molecule has 25 heavy (non-hydrogen) atoms. The maximum absolute atomic E-state index is 12.0. The first-order valence-corrected chi connectivity index (χ1v) is 8.07. The number of nitro groups is 1. The summed E-state index contributed by atoms with van der Waals surface area (Å²) in [6.45, 7) is 0. The predicted octanol–water partition coefficient (Wildman–Crippen LogP) is -3.18. The number of hydrogen-bond acceptors (Lipinski definition) is 8. The molecule has 0 bridgehead atoms. The van der Waals surface area contributed by atoms with Crippen LogP contribution in [-0.2, 0) is 9.59 Å². The number of nitrogens with zero attached hydrogens (tertiary/aromatic N) is 3. The van der Waals surface area contributed by atoms with Gasteiger partial charge in [-0.25, -0.2) is 0 Å². The van der Waals surface area contributed by atoms with E-state index in [4.69, 9.17) is 0 Å². The average Bonchev–Trinajstić information content (AvgIpc) is 2.56. The molecule has 130 valence electrons. The Hall–Kier alpha value is -0.634. The number of amides is 2. The molecule has 9 nitrogen and oxygen atoms in total. The average molecular weight is 412 g/mol. The number of rotatable bonds is 6. The van der Waals surface area contributed by atoms with Crippen LogP contribution in [0.15, 0.2) is 23.1 Å². The van der Waals surface area contributed by atoms with Crippen molar-refractivity contribution in [2.24, 2.45) is 0 Å². The minimum Gasteiger partial charge on any atom is -0.545 e. The molecular formula is C13H14KN3O6S2. The van der Waals surface area contributed by atoms with Crippen molar-refractivity contribution in [3.63, 3.8) is 0 Å². The van der Waals surface area contributed by atoms with E-state index < -0.39 is 16.8 Å². The van der Waals surface area contributed by atoms with Gasteiger partial charge in [0.1, 0.15) is 0 Å². The van der Waals surface area contributed by atoms with Gasteiger partial charge in [-0.3, -0.25) is 29.7 Å². The molecule has 0 aliphatic rings. The van der Waals surface area contributed by atoms with Crippen LogP contribution in [0, 0.1) is 10.1 Å². The molecule has 0 aliphatic heterocycles. The standard InChI is InChI=1S/C13H15N3O6S2.K/c1-14(11(17)6-23)15(2)12(18)7-24-10-4-3-8(16(21)22)5-9(10)13(19)20;/h3-5,23H,6-7H2,1-2H3,(H,19,20);/q;+1/p-1. The normalized spacial score (nSPS) is 9.72. The second-order valence-electron chi connectivity index (χ2n) is 4.51. The largest absolute Gasteiger partial charge is 1.00 e. The molecule has 0 aliphatic carbocycles. The van der Waals surface area contributed by atoms with Crippen molar-refractivity contribution < 1.29 is 75.8 Å². The van der Waals surface area contributed by atoms with Gasteiger partial charge in [0.25, 0.3) is 17.5 Å². The maximum atomic E-state index is 12.0. The van der Waals surface area contributed by atoms with Gasteiger partial charge in [-0.05, 0) is 6.07 Å². The molecule has 0 heterocycles. The van der Waals surface area contributed by atoms with Crippen LogP contribution < -0.4 is 56.5 Å². The molecular weight excluding hydrogens is 397 g/mol. The Labute approximate surface area is 196 Å². The topological polar surface area (TPSA) is 124 Å². The number of carboxylic acid groups (broad SMARTS) is 1. The number of thiol groups is 1. The van der Waals surface area contributed by atoms with E-state index in [0.29, 0.717) is 0 Å². The number of thioether (sulfide) groups is 1. The first-order valence-electron chi connectivity index (χ1n) is 6.45. The van der Waals surface area contributed by atoms with Gasteiger partial charge in [0.15, 0.2) is 0 Å². The van der Waals surface area contributed by atoms with E-state index in [2.05, 4.69) is 12.6 Å². The van der Waals surface area contributed by atoms with Gasteiger partial charge in [0.2, 0.25) is 0 Å². The second-order valence-corrected chi connectivity index (χ2v) is 5.84. The Bertz CT molecular complexity index is 688. The van der Waals surface area contributed by atoms with Crippen molar-refractivity contribution in [1.29, 1.82) is 0 Å². The van der Waals surface area contributed by atoms with Crippen LogP contribution in [0.25, 0.3) is 0 Å². The fourth-order valence-corrected chi connectivity index (χ4v) is 2.72.